The van der Waals surface area contributed by atoms with Crippen LogP contribution >= 0.6 is 11.6 Å². The molecule has 1 fully saturated rings. The summed E-state index contributed by atoms with van der Waals surface area (Å²) in [6.07, 6.45) is 0.970. The number of halogens is 1. The van der Waals surface area contributed by atoms with Crippen LogP contribution < -0.4 is 4.90 Å². The summed E-state index contributed by atoms with van der Waals surface area (Å²) in [6.45, 7) is 6.88. The Bertz CT molecular complexity index is 1020. The van der Waals surface area contributed by atoms with Gasteiger partial charge in [0, 0.05) is 18.8 Å². The van der Waals surface area contributed by atoms with Crippen molar-refractivity contribution in [2.24, 2.45) is 0 Å². The molecule has 1 aliphatic rings. The van der Waals surface area contributed by atoms with Crippen molar-refractivity contribution in [3.8, 4) is 0 Å². The van der Waals surface area contributed by atoms with E-state index in [0.29, 0.717) is 40.7 Å². The Balaban J connectivity index is 1.54. The average molecular weight is 391 g/mol. The van der Waals surface area contributed by atoms with Gasteiger partial charge in [0.1, 0.15) is 11.6 Å². The van der Waals surface area contributed by atoms with Crippen molar-refractivity contribution >= 4 is 40.3 Å². The second-order valence-electron chi connectivity index (χ2n) is 7.49. The third-order valence-corrected chi connectivity index (χ3v) is 4.83. The fraction of sp³-hybridized carbons (Fsp3) is 0.500. The largest absolute Gasteiger partial charge is 0.442 e. The number of rotatable bonds is 2. The summed E-state index contributed by atoms with van der Waals surface area (Å²) in [5.41, 5.74) is 1.32. The number of hydrogen-bond donors (Lipinski definition) is 0. The molecule has 0 aliphatic carbocycles. The number of hydrogen-bond acceptors (Lipinski definition) is 8. The summed E-state index contributed by atoms with van der Waals surface area (Å²) in [4.78, 5) is 24.6. The normalized spacial score (nSPS) is 15.2. The summed E-state index contributed by atoms with van der Waals surface area (Å²) in [7, 11) is 1.73. The molecule has 0 spiro atoms. The Kier molecular flexibility index (Phi) is 4.02. The van der Waals surface area contributed by atoms with Gasteiger partial charge in [0.05, 0.1) is 18.1 Å². The number of tetrazole rings is 1. The fourth-order valence-electron chi connectivity index (χ4n) is 2.70. The van der Waals surface area contributed by atoms with E-state index in [2.05, 4.69) is 25.5 Å². The summed E-state index contributed by atoms with van der Waals surface area (Å²) in [5, 5.41) is 12.3. The molecule has 27 heavy (non-hydrogen) atoms. The highest BCUT2D eigenvalue weighted by Crippen LogP contribution is 2.27. The van der Waals surface area contributed by atoms with Crippen molar-refractivity contribution in [2.45, 2.75) is 32.4 Å². The predicted molar refractivity (Wildman–Crippen MR) is 98.9 cm³/mol. The lowest BCUT2D eigenvalue weighted by Gasteiger charge is -2.40. The molecular weight excluding hydrogens is 372 g/mol. The lowest BCUT2D eigenvalue weighted by molar-refractivity contribution is 0.0365. The van der Waals surface area contributed by atoms with Gasteiger partial charge in [-0.3, -0.25) is 0 Å². The van der Waals surface area contributed by atoms with Crippen molar-refractivity contribution < 1.29 is 9.53 Å². The zero-order valence-corrected chi connectivity index (χ0v) is 16.2. The van der Waals surface area contributed by atoms with E-state index in [1.807, 2.05) is 25.7 Å². The van der Waals surface area contributed by atoms with Gasteiger partial charge in [0.15, 0.2) is 11.5 Å². The zero-order chi connectivity index (χ0) is 19.3. The maximum absolute atomic E-state index is 12.2. The van der Waals surface area contributed by atoms with E-state index < -0.39 is 0 Å². The number of ether oxygens (including phenoxy) is 1. The number of fused-ring (bicyclic) bond motifs is 3. The molecule has 4 rings (SSSR count). The summed E-state index contributed by atoms with van der Waals surface area (Å²) in [6, 6.07) is 1.72. The predicted octanol–water partition coefficient (Wildman–Crippen LogP) is 1.78. The van der Waals surface area contributed by atoms with Gasteiger partial charge < -0.3 is 14.5 Å². The first-order chi connectivity index (χ1) is 12.7. The first-order valence-corrected chi connectivity index (χ1v) is 8.84. The van der Waals surface area contributed by atoms with Gasteiger partial charge in [-0.05, 0) is 37.3 Å². The van der Waals surface area contributed by atoms with Gasteiger partial charge in [-0.25, -0.2) is 14.8 Å². The van der Waals surface area contributed by atoms with Gasteiger partial charge in [0.25, 0.3) is 0 Å². The van der Waals surface area contributed by atoms with Crippen LogP contribution in [0.2, 0.25) is 5.02 Å². The first-order valence-electron chi connectivity index (χ1n) is 8.47. The molecule has 10 nitrogen and oxygen atoms in total. The van der Waals surface area contributed by atoms with Crippen LogP contribution in [-0.2, 0) is 4.74 Å². The van der Waals surface area contributed by atoms with E-state index in [1.165, 1.54) is 6.20 Å². The molecule has 0 atom stereocenters. The van der Waals surface area contributed by atoms with Gasteiger partial charge in [-0.1, -0.05) is 11.6 Å². The molecule has 1 saturated heterocycles. The second kappa shape index (κ2) is 6.15. The maximum atomic E-state index is 12.2. The third-order valence-electron chi connectivity index (χ3n) is 4.62. The minimum atomic E-state index is -0.343. The molecule has 0 unspecified atom stereocenters. The number of carbonyl (C=O) groups is 1. The van der Waals surface area contributed by atoms with Crippen LogP contribution in [0, 0.1) is 0 Å². The highest BCUT2D eigenvalue weighted by molar-refractivity contribution is 6.31. The number of anilines is 1. The van der Waals surface area contributed by atoms with Crippen LogP contribution in [0.3, 0.4) is 0 Å². The fourth-order valence-corrected chi connectivity index (χ4v) is 2.85. The van der Waals surface area contributed by atoms with E-state index in [4.69, 9.17) is 16.3 Å². The van der Waals surface area contributed by atoms with Crippen molar-refractivity contribution in [1.82, 2.24) is 34.9 Å². The molecule has 3 aromatic rings. The maximum Gasteiger partial charge on any atom is 0.410 e. The smallest absolute Gasteiger partial charge is 0.410 e. The zero-order valence-electron chi connectivity index (χ0n) is 15.4. The second-order valence-corrected chi connectivity index (χ2v) is 7.92. The van der Waals surface area contributed by atoms with E-state index >= 15 is 0 Å². The number of pyridine rings is 1. The molecule has 0 bridgehead atoms. The monoisotopic (exact) mass is 390 g/mol. The molecule has 0 radical (unpaired) electrons. The Morgan fingerprint density at radius 3 is 2.81 bits per heavy atom. The molecule has 0 aromatic carbocycles. The molecule has 1 aliphatic heterocycles. The van der Waals surface area contributed by atoms with Crippen LogP contribution in [0.25, 0.3) is 16.8 Å². The van der Waals surface area contributed by atoms with Crippen molar-refractivity contribution in [1.29, 1.82) is 0 Å². The number of nitrogens with zero attached hydrogens (tertiary/aromatic N) is 8. The van der Waals surface area contributed by atoms with Crippen molar-refractivity contribution in [3.05, 3.63) is 17.3 Å². The van der Waals surface area contributed by atoms with Crippen molar-refractivity contribution in [3.63, 3.8) is 0 Å². The molecule has 11 heteroatoms. The van der Waals surface area contributed by atoms with Gasteiger partial charge in [0.2, 0.25) is 5.65 Å². The number of amides is 1. The van der Waals surface area contributed by atoms with Gasteiger partial charge >= 0.3 is 6.09 Å². The van der Waals surface area contributed by atoms with E-state index in [-0.39, 0.29) is 17.7 Å². The lowest BCUT2D eigenvalue weighted by atomic mass is 10.1. The van der Waals surface area contributed by atoms with Crippen LogP contribution in [0.4, 0.5) is 10.6 Å². The van der Waals surface area contributed by atoms with Crippen LogP contribution in [0.5, 0.6) is 0 Å². The number of aromatic nitrogens is 6. The average Bonchev–Trinajstić information content (AvgIpc) is 3.06. The topological polar surface area (TPSA) is 102 Å². The summed E-state index contributed by atoms with van der Waals surface area (Å²) >= 11 is 6.02. The quantitative estimate of drug-likeness (QED) is 0.652. The Hall–Kier alpha value is -2.75. The van der Waals surface area contributed by atoms with Crippen molar-refractivity contribution in [2.75, 3.05) is 25.0 Å². The molecule has 4 heterocycles. The Morgan fingerprint density at radius 1 is 1.37 bits per heavy atom. The van der Waals surface area contributed by atoms with Gasteiger partial charge in [-0.2, -0.15) is 4.52 Å². The number of carbonyl (C=O) groups excluding carboxylic acids is 1. The van der Waals surface area contributed by atoms with Gasteiger partial charge in [-0.15, -0.1) is 5.10 Å². The highest BCUT2D eigenvalue weighted by atomic mass is 35.5. The molecule has 1 amide bonds. The minimum Gasteiger partial charge on any atom is -0.442 e. The molecule has 142 valence electrons. The first kappa shape index (κ1) is 17.7. The van der Waals surface area contributed by atoms with Crippen LogP contribution in [-0.4, -0.2) is 72.8 Å². The van der Waals surface area contributed by atoms with Crippen LogP contribution in [0.1, 0.15) is 20.8 Å². The minimum absolute atomic E-state index is 0.214. The molecule has 0 saturated carbocycles. The SMILES string of the molecule is CN(C(=O)OC1CN(c2nc3ncc(Cl)cc3n3nnnc23)C1)C(C)(C)C. The molecular formula is C16H19ClN8O2. The Morgan fingerprint density at radius 2 is 2.11 bits per heavy atom. The van der Waals surface area contributed by atoms with E-state index in [1.54, 1.807) is 22.5 Å². The summed E-state index contributed by atoms with van der Waals surface area (Å²) in [5.74, 6) is 0.596. The molecule has 3 aromatic heterocycles. The third kappa shape index (κ3) is 3.09. The molecule has 0 N–H and O–H groups in total. The standard InChI is InChI=1S/C16H19ClN8O2/c1-16(2,3)23(4)15(26)27-10-7-24(8-10)13-14-20-21-22-25(14)11-5-9(17)6-18-12(11)19-13/h5-6,10H,7-8H2,1-4H3. The lowest BCUT2D eigenvalue weighted by Crippen LogP contribution is -2.55. The Labute approximate surface area is 160 Å². The van der Waals surface area contributed by atoms with E-state index in [0.717, 1.165) is 0 Å². The van der Waals surface area contributed by atoms with Crippen LogP contribution in [0.15, 0.2) is 12.3 Å². The highest BCUT2D eigenvalue weighted by Gasteiger charge is 2.35. The summed E-state index contributed by atoms with van der Waals surface area (Å²) < 4.78 is 7.11. The van der Waals surface area contributed by atoms with E-state index in [9.17, 15) is 4.79 Å².